The predicted molar refractivity (Wildman–Crippen MR) is 72.0 cm³/mol. The molecule has 0 aromatic heterocycles. The van der Waals surface area contributed by atoms with Crippen molar-refractivity contribution in [3.05, 3.63) is 34.6 Å². The van der Waals surface area contributed by atoms with E-state index >= 15 is 0 Å². The maximum atomic E-state index is 13.3. The molecule has 1 rings (SSSR count). The summed E-state index contributed by atoms with van der Waals surface area (Å²) in [5.74, 6) is 0.247. The molecule has 2 atom stereocenters. The van der Waals surface area contributed by atoms with Crippen LogP contribution in [0, 0.1) is 11.7 Å². The minimum absolute atomic E-state index is 0.192. The summed E-state index contributed by atoms with van der Waals surface area (Å²) in [7, 11) is 0. The largest absolute Gasteiger partial charge is 0.314 e. The number of benzene rings is 1. The first kappa shape index (κ1) is 14.5. The fourth-order valence-corrected chi connectivity index (χ4v) is 2.06. The molecule has 0 saturated carbocycles. The van der Waals surface area contributed by atoms with E-state index in [1.807, 2.05) is 6.07 Å². The van der Waals surface area contributed by atoms with Crippen LogP contribution in [0.2, 0.25) is 5.02 Å². The Bertz CT molecular complexity index is 354. The molecule has 0 aliphatic carbocycles. The van der Waals surface area contributed by atoms with Crippen LogP contribution in [0.4, 0.5) is 4.39 Å². The first-order valence-corrected chi connectivity index (χ1v) is 6.63. The average Bonchev–Trinajstić information content (AvgIpc) is 2.32. The van der Waals surface area contributed by atoms with E-state index in [0.717, 1.165) is 24.9 Å². The van der Waals surface area contributed by atoms with Crippen molar-refractivity contribution in [3.63, 3.8) is 0 Å². The number of likely N-dealkylation sites (N-methyl/N-ethyl adjacent to an activating group) is 1. The number of rotatable bonds is 6. The van der Waals surface area contributed by atoms with E-state index in [1.165, 1.54) is 6.07 Å². The normalized spacial score (nSPS) is 14.6. The van der Waals surface area contributed by atoms with Gasteiger partial charge in [0.05, 0.1) is 5.02 Å². The molecule has 96 valence electrons. The number of halogens is 2. The molecular formula is C14H21ClFN. The molecule has 17 heavy (non-hydrogen) atoms. The highest BCUT2D eigenvalue weighted by atomic mass is 35.5. The molecule has 0 amide bonds. The molecule has 0 aliphatic rings. The molecule has 3 heteroatoms. The lowest BCUT2D eigenvalue weighted by Gasteiger charge is -2.24. The Morgan fingerprint density at radius 3 is 2.59 bits per heavy atom. The quantitative estimate of drug-likeness (QED) is 0.811. The SMILES string of the molecule is CCNC(Cc1ccc(Cl)c(F)c1)C(C)CC. The number of hydrogen-bond donors (Lipinski definition) is 1. The van der Waals surface area contributed by atoms with Crippen LogP contribution in [-0.4, -0.2) is 12.6 Å². The molecule has 0 spiro atoms. The minimum Gasteiger partial charge on any atom is -0.314 e. The Morgan fingerprint density at radius 1 is 1.35 bits per heavy atom. The van der Waals surface area contributed by atoms with Gasteiger partial charge in [-0.05, 0) is 36.6 Å². The van der Waals surface area contributed by atoms with Gasteiger partial charge in [-0.1, -0.05) is 44.9 Å². The summed E-state index contributed by atoms with van der Waals surface area (Å²) in [5.41, 5.74) is 0.998. The summed E-state index contributed by atoms with van der Waals surface area (Å²) in [5, 5.41) is 3.65. The van der Waals surface area contributed by atoms with Gasteiger partial charge in [0.1, 0.15) is 5.82 Å². The molecule has 1 nitrogen and oxygen atoms in total. The maximum absolute atomic E-state index is 13.3. The summed E-state index contributed by atoms with van der Waals surface area (Å²) >= 11 is 5.68. The third-order valence-corrected chi connectivity index (χ3v) is 3.54. The van der Waals surface area contributed by atoms with Crippen LogP contribution in [0.3, 0.4) is 0 Å². The molecule has 0 saturated heterocycles. The third-order valence-electron chi connectivity index (χ3n) is 3.24. The molecule has 1 N–H and O–H groups in total. The second-order valence-corrected chi connectivity index (χ2v) is 4.91. The Hall–Kier alpha value is -0.600. The Morgan fingerprint density at radius 2 is 2.06 bits per heavy atom. The van der Waals surface area contributed by atoms with Gasteiger partial charge in [-0.3, -0.25) is 0 Å². The van der Waals surface area contributed by atoms with Gasteiger partial charge in [-0.15, -0.1) is 0 Å². The van der Waals surface area contributed by atoms with Gasteiger partial charge >= 0.3 is 0 Å². The summed E-state index contributed by atoms with van der Waals surface area (Å²) in [6, 6.07) is 5.46. The van der Waals surface area contributed by atoms with Gasteiger partial charge in [0.25, 0.3) is 0 Å². The monoisotopic (exact) mass is 257 g/mol. The number of hydrogen-bond acceptors (Lipinski definition) is 1. The molecular weight excluding hydrogens is 237 g/mol. The summed E-state index contributed by atoms with van der Waals surface area (Å²) in [6.07, 6.45) is 1.96. The topological polar surface area (TPSA) is 12.0 Å². The molecule has 0 bridgehead atoms. The predicted octanol–water partition coefficient (Wildman–Crippen LogP) is 4.05. The van der Waals surface area contributed by atoms with Gasteiger partial charge in [0, 0.05) is 6.04 Å². The Balaban J connectivity index is 2.74. The lowest BCUT2D eigenvalue weighted by atomic mass is 9.93. The molecule has 2 unspecified atom stereocenters. The fourth-order valence-electron chi connectivity index (χ4n) is 1.94. The van der Waals surface area contributed by atoms with E-state index in [4.69, 9.17) is 11.6 Å². The highest BCUT2D eigenvalue weighted by Crippen LogP contribution is 2.19. The van der Waals surface area contributed by atoms with E-state index in [1.54, 1.807) is 6.07 Å². The fraction of sp³-hybridized carbons (Fsp3) is 0.571. The van der Waals surface area contributed by atoms with Gasteiger partial charge in [0.15, 0.2) is 0 Å². The zero-order valence-electron chi connectivity index (χ0n) is 10.8. The summed E-state index contributed by atoms with van der Waals surface area (Å²) in [6.45, 7) is 7.43. The standard InChI is InChI=1S/C14H21ClFN/c1-4-10(3)14(17-5-2)9-11-6-7-12(15)13(16)8-11/h6-8,10,14,17H,4-5,9H2,1-3H3. The third kappa shape index (κ3) is 4.29. The van der Waals surface area contributed by atoms with E-state index in [-0.39, 0.29) is 10.8 Å². The van der Waals surface area contributed by atoms with E-state index in [2.05, 4.69) is 26.1 Å². The van der Waals surface area contributed by atoms with Crippen molar-refractivity contribution in [1.82, 2.24) is 5.32 Å². The van der Waals surface area contributed by atoms with Gasteiger partial charge in [-0.2, -0.15) is 0 Å². The van der Waals surface area contributed by atoms with Crippen LogP contribution in [0.15, 0.2) is 18.2 Å². The summed E-state index contributed by atoms with van der Waals surface area (Å²) in [4.78, 5) is 0. The van der Waals surface area contributed by atoms with Crippen molar-refractivity contribution in [2.45, 2.75) is 39.7 Å². The highest BCUT2D eigenvalue weighted by Gasteiger charge is 2.15. The first-order chi connectivity index (χ1) is 8.08. The van der Waals surface area contributed by atoms with Crippen LogP contribution >= 0.6 is 11.6 Å². The second-order valence-electron chi connectivity index (χ2n) is 4.50. The van der Waals surface area contributed by atoms with Crippen LogP contribution in [0.1, 0.15) is 32.8 Å². The molecule has 0 radical (unpaired) electrons. The van der Waals surface area contributed by atoms with E-state index < -0.39 is 0 Å². The molecule has 0 aliphatic heterocycles. The van der Waals surface area contributed by atoms with Crippen molar-refractivity contribution in [2.75, 3.05) is 6.54 Å². The van der Waals surface area contributed by atoms with Crippen LogP contribution in [0.25, 0.3) is 0 Å². The zero-order valence-corrected chi connectivity index (χ0v) is 11.5. The van der Waals surface area contributed by atoms with E-state index in [9.17, 15) is 4.39 Å². The van der Waals surface area contributed by atoms with Crippen molar-refractivity contribution in [1.29, 1.82) is 0 Å². The van der Waals surface area contributed by atoms with Crippen LogP contribution < -0.4 is 5.32 Å². The molecule has 1 aromatic rings. The lowest BCUT2D eigenvalue weighted by molar-refractivity contribution is 0.370. The second kappa shape index (κ2) is 6.97. The zero-order chi connectivity index (χ0) is 12.8. The van der Waals surface area contributed by atoms with Gasteiger partial charge in [0.2, 0.25) is 0 Å². The molecule has 1 aromatic carbocycles. The minimum atomic E-state index is -0.330. The molecule has 0 heterocycles. The van der Waals surface area contributed by atoms with Crippen molar-refractivity contribution in [3.8, 4) is 0 Å². The van der Waals surface area contributed by atoms with Crippen molar-refractivity contribution < 1.29 is 4.39 Å². The Kier molecular flexibility index (Phi) is 5.93. The van der Waals surface area contributed by atoms with Crippen LogP contribution in [0.5, 0.6) is 0 Å². The highest BCUT2D eigenvalue weighted by molar-refractivity contribution is 6.30. The first-order valence-electron chi connectivity index (χ1n) is 6.25. The van der Waals surface area contributed by atoms with Gasteiger partial charge < -0.3 is 5.32 Å². The number of nitrogens with one attached hydrogen (secondary N) is 1. The molecule has 0 fully saturated rings. The Labute approximate surface area is 108 Å². The smallest absolute Gasteiger partial charge is 0.142 e. The maximum Gasteiger partial charge on any atom is 0.142 e. The van der Waals surface area contributed by atoms with Crippen molar-refractivity contribution >= 4 is 11.6 Å². The van der Waals surface area contributed by atoms with Crippen molar-refractivity contribution in [2.24, 2.45) is 5.92 Å². The van der Waals surface area contributed by atoms with Gasteiger partial charge in [-0.25, -0.2) is 4.39 Å². The lowest BCUT2D eigenvalue weighted by Crippen LogP contribution is -2.36. The average molecular weight is 258 g/mol. The summed E-state index contributed by atoms with van der Waals surface area (Å²) < 4.78 is 13.3. The van der Waals surface area contributed by atoms with E-state index in [0.29, 0.717) is 12.0 Å². The van der Waals surface area contributed by atoms with Crippen LogP contribution in [-0.2, 0) is 6.42 Å².